The first-order valence-corrected chi connectivity index (χ1v) is 5.96. The van der Waals surface area contributed by atoms with Gasteiger partial charge in [0, 0.05) is 19.0 Å². The molecule has 2 aromatic rings. The van der Waals surface area contributed by atoms with Crippen LogP contribution in [-0.4, -0.2) is 11.1 Å². The number of thiophene rings is 1. The highest BCUT2D eigenvalue weighted by atomic mass is 127. The van der Waals surface area contributed by atoms with E-state index in [0.29, 0.717) is 5.56 Å². The number of benzene rings is 1. The predicted molar refractivity (Wildman–Crippen MR) is 66.2 cm³/mol. The summed E-state index contributed by atoms with van der Waals surface area (Å²) in [6, 6.07) is 3.75. The first-order valence-electron chi connectivity index (χ1n) is 4.00. The number of aromatic carboxylic acids is 1. The molecule has 4 heteroatoms. The van der Waals surface area contributed by atoms with Crippen molar-refractivity contribution in [3.63, 3.8) is 0 Å². The average Bonchev–Trinajstić information content (AvgIpc) is 2.47. The SMILES string of the molecule is Cc1cc(C(=O)O)c2scc(I)c2c1. The minimum absolute atomic E-state index is 0.410. The highest BCUT2D eigenvalue weighted by Crippen LogP contribution is 2.31. The Bertz CT molecular complexity index is 516. The van der Waals surface area contributed by atoms with E-state index < -0.39 is 5.97 Å². The second kappa shape index (κ2) is 3.51. The normalized spacial score (nSPS) is 10.7. The van der Waals surface area contributed by atoms with Crippen LogP contribution in [0.1, 0.15) is 15.9 Å². The van der Waals surface area contributed by atoms with Gasteiger partial charge in [0.1, 0.15) is 0 Å². The summed E-state index contributed by atoms with van der Waals surface area (Å²) in [5.74, 6) is -0.850. The minimum Gasteiger partial charge on any atom is -0.478 e. The Hall–Kier alpha value is -0.620. The second-order valence-corrected chi connectivity index (χ2v) is 5.12. The van der Waals surface area contributed by atoms with Gasteiger partial charge >= 0.3 is 5.97 Å². The molecule has 0 aliphatic rings. The van der Waals surface area contributed by atoms with E-state index in [-0.39, 0.29) is 0 Å². The number of hydrogen-bond donors (Lipinski definition) is 1. The van der Waals surface area contributed by atoms with Gasteiger partial charge in [0.2, 0.25) is 0 Å². The molecule has 0 bridgehead atoms. The topological polar surface area (TPSA) is 37.3 Å². The molecular formula is C10H7IO2S. The third-order valence-corrected chi connectivity index (χ3v) is 4.35. The Labute approximate surface area is 98.7 Å². The molecule has 0 unspecified atom stereocenters. The van der Waals surface area contributed by atoms with E-state index in [2.05, 4.69) is 22.6 Å². The van der Waals surface area contributed by atoms with Gasteiger partial charge < -0.3 is 5.11 Å². The number of halogens is 1. The molecule has 0 aliphatic heterocycles. The quantitative estimate of drug-likeness (QED) is 0.817. The number of rotatable bonds is 1. The summed E-state index contributed by atoms with van der Waals surface area (Å²) in [6.45, 7) is 1.92. The van der Waals surface area contributed by atoms with E-state index in [0.717, 1.165) is 19.2 Å². The Balaban J connectivity index is 2.88. The van der Waals surface area contributed by atoms with E-state index in [1.807, 2.05) is 18.4 Å². The molecule has 0 aliphatic carbocycles. The molecule has 72 valence electrons. The van der Waals surface area contributed by atoms with Gasteiger partial charge in [-0.1, -0.05) is 0 Å². The summed E-state index contributed by atoms with van der Waals surface area (Å²) in [4.78, 5) is 11.0. The van der Waals surface area contributed by atoms with Crippen LogP contribution in [0.15, 0.2) is 17.5 Å². The van der Waals surface area contributed by atoms with Crippen LogP contribution in [0.3, 0.4) is 0 Å². The van der Waals surface area contributed by atoms with Crippen LogP contribution in [0.25, 0.3) is 10.1 Å². The Morgan fingerprint density at radius 2 is 2.21 bits per heavy atom. The van der Waals surface area contributed by atoms with E-state index in [4.69, 9.17) is 5.11 Å². The second-order valence-electron chi connectivity index (χ2n) is 3.08. The first kappa shape index (κ1) is 9.92. The van der Waals surface area contributed by atoms with Gasteiger partial charge in [-0.3, -0.25) is 0 Å². The smallest absolute Gasteiger partial charge is 0.337 e. The lowest BCUT2D eigenvalue weighted by molar-refractivity contribution is 0.0699. The summed E-state index contributed by atoms with van der Waals surface area (Å²) in [6.07, 6.45) is 0. The van der Waals surface area contributed by atoms with Gasteiger partial charge in [0.25, 0.3) is 0 Å². The average molecular weight is 318 g/mol. The van der Waals surface area contributed by atoms with Crippen molar-refractivity contribution < 1.29 is 9.90 Å². The number of carbonyl (C=O) groups is 1. The van der Waals surface area contributed by atoms with Crippen LogP contribution >= 0.6 is 33.9 Å². The highest BCUT2D eigenvalue weighted by Gasteiger charge is 2.12. The van der Waals surface area contributed by atoms with Crippen molar-refractivity contribution in [2.45, 2.75) is 6.92 Å². The largest absolute Gasteiger partial charge is 0.478 e. The van der Waals surface area contributed by atoms with Crippen molar-refractivity contribution in [2.24, 2.45) is 0 Å². The molecule has 0 spiro atoms. The fraction of sp³-hybridized carbons (Fsp3) is 0.100. The minimum atomic E-state index is -0.850. The standard InChI is InChI=1S/C10H7IO2S/c1-5-2-6-8(11)4-14-9(6)7(3-5)10(12)13/h2-4H,1H3,(H,12,13). The van der Waals surface area contributed by atoms with Crippen LogP contribution in [0.5, 0.6) is 0 Å². The molecule has 1 aromatic carbocycles. The number of hydrogen-bond acceptors (Lipinski definition) is 2. The number of fused-ring (bicyclic) bond motifs is 1. The molecule has 0 saturated carbocycles. The maximum absolute atomic E-state index is 11.0. The van der Waals surface area contributed by atoms with E-state index in [1.165, 1.54) is 11.3 Å². The summed E-state index contributed by atoms with van der Waals surface area (Å²) in [5, 5.41) is 12.1. The van der Waals surface area contributed by atoms with Gasteiger partial charge in [0.05, 0.1) is 5.56 Å². The van der Waals surface area contributed by atoms with Gasteiger partial charge in [-0.15, -0.1) is 11.3 Å². The molecule has 0 amide bonds. The van der Waals surface area contributed by atoms with Gasteiger partial charge in [-0.25, -0.2) is 4.79 Å². The van der Waals surface area contributed by atoms with E-state index in [9.17, 15) is 4.79 Å². The zero-order chi connectivity index (χ0) is 10.3. The zero-order valence-electron chi connectivity index (χ0n) is 7.37. The van der Waals surface area contributed by atoms with Crippen molar-refractivity contribution >= 4 is 50.0 Å². The third-order valence-electron chi connectivity index (χ3n) is 2.00. The Morgan fingerprint density at radius 3 is 2.86 bits per heavy atom. The maximum Gasteiger partial charge on any atom is 0.337 e. The van der Waals surface area contributed by atoms with Crippen LogP contribution in [-0.2, 0) is 0 Å². The van der Waals surface area contributed by atoms with E-state index in [1.54, 1.807) is 6.07 Å². The molecule has 1 heterocycles. The molecule has 2 nitrogen and oxygen atoms in total. The lowest BCUT2D eigenvalue weighted by atomic mass is 10.1. The summed E-state index contributed by atoms with van der Waals surface area (Å²) < 4.78 is 1.99. The van der Waals surface area contributed by atoms with Crippen molar-refractivity contribution in [2.75, 3.05) is 0 Å². The van der Waals surface area contributed by atoms with Gasteiger partial charge in [0.15, 0.2) is 0 Å². The fourth-order valence-corrected chi connectivity index (χ4v) is 3.32. The molecule has 0 saturated heterocycles. The fourth-order valence-electron chi connectivity index (χ4n) is 1.41. The summed E-state index contributed by atoms with van der Waals surface area (Å²) in [7, 11) is 0. The van der Waals surface area contributed by atoms with Gasteiger partial charge in [-0.05, 0) is 47.2 Å². The maximum atomic E-state index is 11.0. The zero-order valence-corrected chi connectivity index (χ0v) is 10.3. The van der Waals surface area contributed by atoms with Crippen molar-refractivity contribution in [1.82, 2.24) is 0 Å². The monoisotopic (exact) mass is 318 g/mol. The van der Waals surface area contributed by atoms with Crippen LogP contribution in [0.2, 0.25) is 0 Å². The molecule has 0 atom stereocenters. The Morgan fingerprint density at radius 1 is 1.50 bits per heavy atom. The number of aryl methyl sites for hydroxylation is 1. The van der Waals surface area contributed by atoms with Crippen LogP contribution < -0.4 is 0 Å². The molecule has 14 heavy (non-hydrogen) atoms. The number of carboxylic acids is 1. The number of carboxylic acid groups (broad SMARTS) is 1. The van der Waals surface area contributed by atoms with Crippen LogP contribution in [0.4, 0.5) is 0 Å². The predicted octanol–water partition coefficient (Wildman–Crippen LogP) is 3.51. The lowest BCUT2D eigenvalue weighted by Gasteiger charge is -1.99. The first-order chi connectivity index (χ1) is 6.59. The molecular weight excluding hydrogens is 311 g/mol. The highest BCUT2D eigenvalue weighted by molar-refractivity contribution is 14.1. The third kappa shape index (κ3) is 1.52. The Kier molecular flexibility index (Phi) is 2.48. The van der Waals surface area contributed by atoms with Crippen molar-refractivity contribution in [1.29, 1.82) is 0 Å². The molecule has 1 N–H and O–H groups in total. The molecule has 2 rings (SSSR count). The van der Waals surface area contributed by atoms with Crippen molar-refractivity contribution in [3.8, 4) is 0 Å². The van der Waals surface area contributed by atoms with Crippen LogP contribution in [0, 0.1) is 10.5 Å². The summed E-state index contributed by atoms with van der Waals surface area (Å²) >= 11 is 3.72. The van der Waals surface area contributed by atoms with E-state index >= 15 is 0 Å². The van der Waals surface area contributed by atoms with Gasteiger partial charge in [-0.2, -0.15) is 0 Å². The molecule has 0 radical (unpaired) electrons. The summed E-state index contributed by atoms with van der Waals surface area (Å²) in [5.41, 5.74) is 1.40. The van der Waals surface area contributed by atoms with Crippen molar-refractivity contribution in [3.05, 3.63) is 32.2 Å². The molecule has 1 aromatic heterocycles. The molecule has 0 fully saturated rings. The lowest BCUT2D eigenvalue weighted by Crippen LogP contribution is -1.96.